The number of benzene rings is 6. The Bertz CT molecular complexity index is 2430. The summed E-state index contributed by atoms with van der Waals surface area (Å²) < 4.78 is 6.46. The molecule has 0 spiro atoms. The molecule has 1 aliphatic carbocycles. The third kappa shape index (κ3) is 4.30. The lowest BCUT2D eigenvalue weighted by molar-refractivity contribution is 0.563. The second kappa shape index (κ2) is 10.7. The average molecular weight is 595 g/mol. The highest BCUT2D eigenvalue weighted by molar-refractivity contribution is 6.18. The van der Waals surface area contributed by atoms with E-state index in [-0.39, 0.29) is 5.41 Å². The van der Waals surface area contributed by atoms with Gasteiger partial charge in [-0.15, -0.1) is 0 Å². The molecule has 0 unspecified atom stereocenters. The fraction of sp³-hybridized carbons (Fsp3) is 0.156. The smallest absolute Gasteiger partial charge is 0.143 e. The first-order valence-corrected chi connectivity index (χ1v) is 16.4. The molecule has 0 N–H and O–H groups in total. The molecule has 1 heterocycles. The van der Waals surface area contributed by atoms with Gasteiger partial charge in [0.15, 0.2) is 0 Å². The first-order valence-electron chi connectivity index (χ1n) is 16.4. The molecule has 0 fully saturated rings. The van der Waals surface area contributed by atoms with E-state index in [4.69, 9.17) is 4.42 Å². The molecule has 1 aliphatic rings. The van der Waals surface area contributed by atoms with Crippen LogP contribution in [0, 0.1) is 0 Å². The van der Waals surface area contributed by atoms with Gasteiger partial charge in [0.25, 0.3) is 0 Å². The van der Waals surface area contributed by atoms with Gasteiger partial charge in [0.2, 0.25) is 0 Å². The van der Waals surface area contributed by atoms with E-state index < -0.39 is 0 Å². The molecule has 1 heteroatoms. The van der Waals surface area contributed by atoms with Gasteiger partial charge in [-0.1, -0.05) is 129 Å². The summed E-state index contributed by atoms with van der Waals surface area (Å²) in [6.45, 7) is 11.3. The Morgan fingerprint density at radius 1 is 0.609 bits per heavy atom. The Balaban J connectivity index is 1.34. The first-order chi connectivity index (χ1) is 22.4. The number of allylic oxidation sites excluding steroid dienone is 8. The van der Waals surface area contributed by atoms with Crippen LogP contribution in [-0.2, 0) is 5.41 Å². The zero-order chi connectivity index (χ0) is 31.6. The van der Waals surface area contributed by atoms with Gasteiger partial charge in [-0.2, -0.15) is 0 Å². The van der Waals surface area contributed by atoms with E-state index in [1.165, 1.54) is 82.1 Å². The van der Waals surface area contributed by atoms with Crippen molar-refractivity contribution in [3.05, 3.63) is 150 Å². The van der Waals surface area contributed by atoms with Gasteiger partial charge in [0.05, 0.1) is 0 Å². The average Bonchev–Trinajstić information content (AvgIpc) is 3.59. The van der Waals surface area contributed by atoms with Crippen molar-refractivity contribution >= 4 is 71.0 Å². The quantitative estimate of drug-likeness (QED) is 0.146. The Labute approximate surface area is 270 Å². The van der Waals surface area contributed by atoms with Crippen LogP contribution >= 0.6 is 0 Å². The molecular formula is C45H38O. The second-order valence-electron chi connectivity index (χ2n) is 13.4. The van der Waals surface area contributed by atoms with Crippen LogP contribution in [0.2, 0.25) is 0 Å². The normalized spacial score (nSPS) is 16.2. The van der Waals surface area contributed by atoms with Crippen molar-refractivity contribution in [2.45, 2.75) is 46.5 Å². The van der Waals surface area contributed by atoms with E-state index in [0.29, 0.717) is 0 Å². The number of rotatable bonds is 4. The molecule has 0 saturated carbocycles. The van der Waals surface area contributed by atoms with Gasteiger partial charge in [-0.05, 0) is 111 Å². The highest BCUT2D eigenvalue weighted by Gasteiger charge is 2.34. The molecule has 0 saturated heterocycles. The fourth-order valence-corrected chi connectivity index (χ4v) is 7.91. The molecule has 1 aromatic heterocycles. The van der Waals surface area contributed by atoms with Crippen LogP contribution in [0.4, 0.5) is 0 Å². The van der Waals surface area contributed by atoms with Crippen LogP contribution in [0.15, 0.2) is 132 Å². The van der Waals surface area contributed by atoms with Gasteiger partial charge in [-0.3, -0.25) is 0 Å². The molecule has 8 rings (SSSR count). The molecule has 6 aromatic carbocycles. The SMILES string of the molecule is C/C=C\C=C(/C)c1c2ccccc2c(/C(C)=C/C=C2\CC(C)(C)c3ccc4c(ccc5c6ccccc6oc45)c32)c2ccccc12. The standard InChI is InChI=1S/C45H38O/c1-6-7-14-28(2)41-32-16-8-10-18-34(32)42(35-19-11-9-17-33(35)41)29(3)21-22-30-27-45(4,5)39-26-25-38-36(43(30)39)23-24-37-31-15-12-13-20-40(31)46-44(37)38/h6-26H,27H2,1-5H3/b7-6-,28-14+,29-21+,30-22+. The Hall–Kier alpha value is -5.14. The van der Waals surface area contributed by atoms with E-state index in [1.807, 2.05) is 6.07 Å². The predicted molar refractivity (Wildman–Crippen MR) is 200 cm³/mol. The Kier molecular flexibility index (Phi) is 6.62. The number of hydrogen-bond donors (Lipinski definition) is 0. The maximum absolute atomic E-state index is 6.46. The van der Waals surface area contributed by atoms with Crippen LogP contribution in [0.1, 0.15) is 63.3 Å². The van der Waals surface area contributed by atoms with E-state index in [1.54, 1.807) is 0 Å². The molecule has 0 amide bonds. The van der Waals surface area contributed by atoms with Crippen molar-refractivity contribution in [3.8, 4) is 0 Å². The minimum absolute atomic E-state index is 0.0533. The van der Waals surface area contributed by atoms with Gasteiger partial charge in [0, 0.05) is 16.2 Å². The number of hydrogen-bond acceptors (Lipinski definition) is 1. The lowest BCUT2D eigenvalue weighted by Gasteiger charge is -2.18. The van der Waals surface area contributed by atoms with Gasteiger partial charge in [-0.25, -0.2) is 0 Å². The molecule has 0 bridgehead atoms. The molecule has 1 nitrogen and oxygen atoms in total. The summed E-state index contributed by atoms with van der Waals surface area (Å²) >= 11 is 0. The summed E-state index contributed by atoms with van der Waals surface area (Å²) in [5.41, 5.74) is 11.3. The highest BCUT2D eigenvalue weighted by Crippen LogP contribution is 2.50. The largest absolute Gasteiger partial charge is 0.455 e. The van der Waals surface area contributed by atoms with Crippen molar-refractivity contribution < 1.29 is 4.42 Å². The molecule has 0 radical (unpaired) electrons. The second-order valence-corrected chi connectivity index (χ2v) is 13.4. The van der Waals surface area contributed by atoms with E-state index in [9.17, 15) is 0 Å². The van der Waals surface area contributed by atoms with Crippen LogP contribution in [0.5, 0.6) is 0 Å². The van der Waals surface area contributed by atoms with Crippen molar-refractivity contribution in [2.24, 2.45) is 0 Å². The van der Waals surface area contributed by atoms with Crippen molar-refractivity contribution in [3.63, 3.8) is 0 Å². The fourth-order valence-electron chi connectivity index (χ4n) is 7.91. The third-order valence-electron chi connectivity index (χ3n) is 10.0. The predicted octanol–water partition coefficient (Wildman–Crippen LogP) is 13.2. The summed E-state index contributed by atoms with van der Waals surface area (Å²) in [4.78, 5) is 0. The zero-order valence-electron chi connectivity index (χ0n) is 27.2. The third-order valence-corrected chi connectivity index (χ3v) is 10.0. The Morgan fingerprint density at radius 3 is 1.76 bits per heavy atom. The molecule has 0 aliphatic heterocycles. The number of fused-ring (bicyclic) bond motifs is 9. The summed E-state index contributed by atoms with van der Waals surface area (Å²) in [5.74, 6) is 0. The van der Waals surface area contributed by atoms with E-state index >= 15 is 0 Å². The zero-order valence-corrected chi connectivity index (χ0v) is 27.2. The number of para-hydroxylation sites is 1. The topological polar surface area (TPSA) is 13.1 Å². The summed E-state index contributed by atoms with van der Waals surface area (Å²) in [6, 6.07) is 35.3. The lowest BCUT2D eigenvalue weighted by Crippen LogP contribution is -2.11. The molecule has 7 aromatic rings. The maximum atomic E-state index is 6.46. The molecule has 224 valence electrons. The van der Waals surface area contributed by atoms with Crippen LogP contribution in [0.3, 0.4) is 0 Å². The number of furan rings is 1. The van der Waals surface area contributed by atoms with Crippen LogP contribution < -0.4 is 0 Å². The molecular weight excluding hydrogens is 556 g/mol. The van der Waals surface area contributed by atoms with Crippen molar-refractivity contribution in [1.82, 2.24) is 0 Å². The van der Waals surface area contributed by atoms with E-state index in [0.717, 1.165) is 17.6 Å². The highest BCUT2D eigenvalue weighted by atomic mass is 16.3. The first kappa shape index (κ1) is 28.3. The van der Waals surface area contributed by atoms with E-state index in [2.05, 4.69) is 156 Å². The van der Waals surface area contributed by atoms with Crippen LogP contribution in [-0.4, -0.2) is 0 Å². The molecule has 0 atom stereocenters. The minimum atomic E-state index is 0.0533. The van der Waals surface area contributed by atoms with Crippen LogP contribution in [0.25, 0.3) is 71.0 Å². The Morgan fingerprint density at radius 2 is 1.13 bits per heavy atom. The minimum Gasteiger partial charge on any atom is -0.455 e. The summed E-state index contributed by atoms with van der Waals surface area (Å²) in [5, 5.41) is 9.99. The monoisotopic (exact) mass is 594 g/mol. The van der Waals surface area contributed by atoms with Crippen molar-refractivity contribution in [2.75, 3.05) is 0 Å². The maximum Gasteiger partial charge on any atom is 0.143 e. The lowest BCUT2D eigenvalue weighted by atomic mass is 9.85. The van der Waals surface area contributed by atoms with Crippen molar-refractivity contribution in [1.29, 1.82) is 0 Å². The summed E-state index contributed by atoms with van der Waals surface area (Å²) in [7, 11) is 0. The summed E-state index contributed by atoms with van der Waals surface area (Å²) in [6.07, 6.45) is 12.2. The van der Waals surface area contributed by atoms with Gasteiger partial charge < -0.3 is 4.42 Å². The van der Waals surface area contributed by atoms with Gasteiger partial charge >= 0.3 is 0 Å². The molecule has 46 heavy (non-hydrogen) atoms. The van der Waals surface area contributed by atoms with Gasteiger partial charge in [0.1, 0.15) is 11.2 Å².